The smallest absolute Gasteiger partial charge is 0.336 e. The largest absolute Gasteiger partial charge is 0.494 e. The van der Waals surface area contributed by atoms with E-state index in [2.05, 4.69) is 4.98 Å². The van der Waals surface area contributed by atoms with Gasteiger partial charge in [0.2, 0.25) is 0 Å². The summed E-state index contributed by atoms with van der Waals surface area (Å²) in [6, 6.07) is 14.0. The first-order valence-corrected chi connectivity index (χ1v) is 7.53. The number of aromatic carboxylic acids is 1. The van der Waals surface area contributed by atoms with E-state index >= 15 is 0 Å². The molecule has 0 fully saturated rings. The number of carboxylic acid groups (broad SMARTS) is 1. The van der Waals surface area contributed by atoms with E-state index in [9.17, 15) is 9.90 Å². The van der Waals surface area contributed by atoms with E-state index in [-0.39, 0.29) is 5.56 Å². The highest BCUT2D eigenvalue weighted by molar-refractivity contribution is 6.31. The first-order chi connectivity index (χ1) is 11.1. The number of ether oxygens (including phenoxy) is 1. The number of aromatic nitrogens is 1. The Bertz CT molecular complexity index is 875. The van der Waals surface area contributed by atoms with Gasteiger partial charge in [-0.2, -0.15) is 0 Å². The molecule has 0 atom stereocenters. The second kappa shape index (κ2) is 6.26. The van der Waals surface area contributed by atoms with Crippen LogP contribution in [0.3, 0.4) is 0 Å². The number of nitrogens with zero attached hydrogens (tertiary/aromatic N) is 1. The highest BCUT2D eigenvalue weighted by Gasteiger charge is 2.13. The van der Waals surface area contributed by atoms with Crippen molar-refractivity contribution in [2.24, 2.45) is 0 Å². The molecule has 0 unspecified atom stereocenters. The Kier molecular flexibility index (Phi) is 4.17. The van der Waals surface area contributed by atoms with Gasteiger partial charge < -0.3 is 9.84 Å². The van der Waals surface area contributed by atoms with E-state index < -0.39 is 5.97 Å². The van der Waals surface area contributed by atoms with Gasteiger partial charge in [-0.1, -0.05) is 17.7 Å². The molecule has 3 aromatic rings. The van der Waals surface area contributed by atoms with Crippen molar-refractivity contribution in [3.63, 3.8) is 0 Å². The zero-order chi connectivity index (χ0) is 16.4. The molecule has 5 heteroatoms. The molecule has 3 rings (SSSR count). The summed E-state index contributed by atoms with van der Waals surface area (Å²) < 4.78 is 5.41. The van der Waals surface area contributed by atoms with Crippen molar-refractivity contribution in [3.8, 4) is 17.0 Å². The van der Waals surface area contributed by atoms with E-state index in [1.54, 1.807) is 24.3 Å². The summed E-state index contributed by atoms with van der Waals surface area (Å²) >= 11 is 6.00. The van der Waals surface area contributed by atoms with Crippen LogP contribution in [0.2, 0.25) is 5.02 Å². The van der Waals surface area contributed by atoms with Gasteiger partial charge in [-0.15, -0.1) is 0 Å². The average molecular weight is 328 g/mol. The predicted octanol–water partition coefficient (Wildman–Crippen LogP) is 4.65. The molecule has 1 aromatic heterocycles. The maximum Gasteiger partial charge on any atom is 0.336 e. The number of hydrogen-bond acceptors (Lipinski definition) is 3. The maximum atomic E-state index is 11.5. The highest BCUT2D eigenvalue weighted by atomic mass is 35.5. The van der Waals surface area contributed by atoms with Crippen LogP contribution in [0.25, 0.3) is 22.2 Å². The Morgan fingerprint density at radius 1 is 1.17 bits per heavy atom. The minimum absolute atomic E-state index is 0.204. The molecular weight excluding hydrogens is 314 g/mol. The number of fused-ring (bicyclic) bond motifs is 1. The fourth-order valence-electron chi connectivity index (χ4n) is 2.41. The molecule has 23 heavy (non-hydrogen) atoms. The molecule has 1 heterocycles. The molecule has 0 radical (unpaired) electrons. The number of hydrogen-bond donors (Lipinski definition) is 1. The number of carbonyl (C=O) groups is 1. The van der Waals surface area contributed by atoms with Gasteiger partial charge in [0.1, 0.15) is 5.75 Å². The van der Waals surface area contributed by atoms with Crippen molar-refractivity contribution < 1.29 is 14.6 Å². The Hall–Kier alpha value is -2.59. The summed E-state index contributed by atoms with van der Waals surface area (Å²) in [7, 11) is 0. The molecule has 0 saturated heterocycles. The number of benzene rings is 2. The maximum absolute atomic E-state index is 11.5. The number of halogens is 1. The lowest BCUT2D eigenvalue weighted by Crippen LogP contribution is -2.00. The third kappa shape index (κ3) is 3.12. The third-order valence-electron chi connectivity index (χ3n) is 3.46. The van der Waals surface area contributed by atoms with Gasteiger partial charge in [-0.05, 0) is 49.4 Å². The van der Waals surface area contributed by atoms with E-state index in [1.165, 1.54) is 0 Å². The molecule has 0 spiro atoms. The van der Waals surface area contributed by atoms with Crippen molar-refractivity contribution in [1.82, 2.24) is 4.98 Å². The van der Waals surface area contributed by atoms with Crippen LogP contribution in [0, 0.1) is 0 Å². The topological polar surface area (TPSA) is 59.4 Å². The molecule has 4 nitrogen and oxygen atoms in total. The van der Waals surface area contributed by atoms with Crippen LogP contribution in [0.5, 0.6) is 5.75 Å². The second-order valence-corrected chi connectivity index (χ2v) is 5.42. The SMILES string of the molecule is CCOc1ccc(-c2cc(C(=O)O)c3ccc(Cl)cc3n2)cc1. The summed E-state index contributed by atoms with van der Waals surface area (Å²) in [5.74, 6) is -0.231. The van der Waals surface area contributed by atoms with E-state index in [0.29, 0.717) is 28.2 Å². The van der Waals surface area contributed by atoms with E-state index in [0.717, 1.165) is 11.3 Å². The average Bonchev–Trinajstić information content (AvgIpc) is 2.54. The molecule has 0 amide bonds. The fourth-order valence-corrected chi connectivity index (χ4v) is 2.58. The van der Waals surface area contributed by atoms with Crippen molar-refractivity contribution in [3.05, 3.63) is 59.1 Å². The standard InChI is InChI=1S/C18H14ClNO3/c1-2-23-13-6-3-11(4-7-13)16-10-15(18(21)22)14-8-5-12(19)9-17(14)20-16/h3-10H,2H2,1H3,(H,21,22). The van der Waals surface area contributed by atoms with Crippen LogP contribution in [0.4, 0.5) is 0 Å². The summed E-state index contributed by atoms with van der Waals surface area (Å²) in [5, 5.41) is 10.5. The molecule has 2 aromatic carbocycles. The third-order valence-corrected chi connectivity index (χ3v) is 3.70. The minimum Gasteiger partial charge on any atom is -0.494 e. The lowest BCUT2D eigenvalue weighted by atomic mass is 10.0. The molecule has 0 aliphatic rings. The first-order valence-electron chi connectivity index (χ1n) is 7.15. The summed E-state index contributed by atoms with van der Waals surface area (Å²) in [5.41, 5.74) is 2.16. The Balaban J connectivity index is 2.15. The van der Waals surface area contributed by atoms with E-state index in [4.69, 9.17) is 16.3 Å². The summed E-state index contributed by atoms with van der Waals surface area (Å²) in [4.78, 5) is 16.1. The monoisotopic (exact) mass is 327 g/mol. The number of carboxylic acids is 1. The number of rotatable bonds is 4. The van der Waals surface area contributed by atoms with Crippen molar-refractivity contribution in [2.75, 3.05) is 6.61 Å². The van der Waals surface area contributed by atoms with Crippen molar-refractivity contribution in [2.45, 2.75) is 6.92 Å². The van der Waals surface area contributed by atoms with Crippen LogP contribution >= 0.6 is 11.6 Å². The molecule has 0 aliphatic heterocycles. The summed E-state index contributed by atoms with van der Waals surface area (Å²) in [6.45, 7) is 2.51. The molecule has 116 valence electrons. The van der Waals surface area contributed by atoms with E-state index in [1.807, 2.05) is 31.2 Å². The molecular formula is C18H14ClNO3. The Morgan fingerprint density at radius 2 is 1.91 bits per heavy atom. The highest BCUT2D eigenvalue weighted by Crippen LogP contribution is 2.28. The van der Waals surface area contributed by atoms with Crippen LogP contribution in [-0.2, 0) is 0 Å². The van der Waals surface area contributed by atoms with Gasteiger partial charge in [0.25, 0.3) is 0 Å². The van der Waals surface area contributed by atoms with Gasteiger partial charge in [0.05, 0.1) is 23.4 Å². The molecule has 0 bridgehead atoms. The van der Waals surface area contributed by atoms with Crippen LogP contribution in [0.1, 0.15) is 17.3 Å². The molecule has 1 N–H and O–H groups in total. The lowest BCUT2D eigenvalue weighted by Gasteiger charge is -2.08. The van der Waals surface area contributed by atoms with Gasteiger partial charge >= 0.3 is 5.97 Å². The zero-order valence-corrected chi connectivity index (χ0v) is 13.2. The van der Waals surface area contributed by atoms with Gasteiger partial charge in [0.15, 0.2) is 0 Å². The summed E-state index contributed by atoms with van der Waals surface area (Å²) in [6.07, 6.45) is 0. The minimum atomic E-state index is -0.994. The quantitative estimate of drug-likeness (QED) is 0.757. The van der Waals surface area contributed by atoms with Gasteiger partial charge in [-0.25, -0.2) is 9.78 Å². The first kappa shape index (κ1) is 15.3. The normalized spacial score (nSPS) is 10.7. The van der Waals surface area contributed by atoms with Crippen LogP contribution in [-0.4, -0.2) is 22.7 Å². The predicted molar refractivity (Wildman–Crippen MR) is 90.3 cm³/mol. The molecule has 0 aliphatic carbocycles. The lowest BCUT2D eigenvalue weighted by molar-refractivity contribution is 0.0699. The molecule has 0 saturated carbocycles. The Morgan fingerprint density at radius 3 is 2.57 bits per heavy atom. The van der Waals surface area contributed by atoms with Crippen molar-refractivity contribution >= 4 is 28.5 Å². The Labute approximate surface area is 138 Å². The number of pyridine rings is 1. The van der Waals surface area contributed by atoms with Crippen LogP contribution < -0.4 is 4.74 Å². The fraction of sp³-hybridized carbons (Fsp3) is 0.111. The van der Waals surface area contributed by atoms with Crippen LogP contribution in [0.15, 0.2) is 48.5 Å². The van der Waals surface area contributed by atoms with Crippen molar-refractivity contribution in [1.29, 1.82) is 0 Å². The van der Waals surface area contributed by atoms with Gasteiger partial charge in [-0.3, -0.25) is 0 Å². The zero-order valence-electron chi connectivity index (χ0n) is 12.4. The second-order valence-electron chi connectivity index (χ2n) is 4.98. The van der Waals surface area contributed by atoms with Gasteiger partial charge in [0, 0.05) is 16.0 Å².